The van der Waals surface area contributed by atoms with Gasteiger partial charge in [0.25, 0.3) is 0 Å². The molecule has 1 aliphatic heterocycles. The van der Waals surface area contributed by atoms with Crippen LogP contribution in [0.15, 0.2) is 46.8 Å². The Bertz CT molecular complexity index is 797. The molecule has 0 spiro atoms. The third kappa shape index (κ3) is 7.50. The summed E-state index contributed by atoms with van der Waals surface area (Å²) >= 11 is 0. The number of hydrogen-bond donors (Lipinski definition) is 1. The lowest BCUT2D eigenvalue weighted by molar-refractivity contribution is -0.135. The molecule has 0 bridgehead atoms. The number of carbonyl (C=O) groups is 2. The Hall–Kier alpha value is -2.63. The molecule has 2 aliphatic rings. The molecule has 1 aliphatic carbocycles. The monoisotopic (exact) mass is 441 g/mol. The van der Waals surface area contributed by atoms with Gasteiger partial charge in [-0.05, 0) is 31.2 Å². The molecule has 2 fully saturated rings. The van der Waals surface area contributed by atoms with Crippen molar-refractivity contribution in [3.63, 3.8) is 0 Å². The first-order valence-electron chi connectivity index (χ1n) is 12.0. The summed E-state index contributed by atoms with van der Waals surface area (Å²) in [7, 11) is 0. The molecule has 6 nitrogen and oxygen atoms in total. The van der Waals surface area contributed by atoms with E-state index in [1.807, 2.05) is 30.3 Å². The van der Waals surface area contributed by atoms with E-state index < -0.39 is 11.8 Å². The molecule has 0 amide bonds. The zero-order valence-corrected chi connectivity index (χ0v) is 18.9. The quantitative estimate of drug-likeness (QED) is 0.198. The molecular weight excluding hydrogens is 406 g/mol. The average molecular weight is 442 g/mol. The third-order valence-corrected chi connectivity index (χ3v) is 6.30. The summed E-state index contributed by atoms with van der Waals surface area (Å²) in [6, 6.07) is 9.97. The van der Waals surface area contributed by atoms with Gasteiger partial charge in [0.2, 0.25) is 5.78 Å². The Labute approximate surface area is 190 Å². The highest BCUT2D eigenvalue weighted by atomic mass is 16.6. The molecule has 6 heteroatoms. The second-order valence-corrected chi connectivity index (χ2v) is 8.77. The smallest absolute Gasteiger partial charge is 0.345 e. The number of nitrogens with zero attached hydrogens (tertiary/aromatic N) is 1. The minimum atomic E-state index is -0.716. The first kappa shape index (κ1) is 24.0. The molecule has 1 aromatic carbocycles. The van der Waals surface area contributed by atoms with Crippen molar-refractivity contribution in [1.29, 1.82) is 0 Å². The van der Waals surface area contributed by atoms with E-state index in [1.165, 1.54) is 38.5 Å². The lowest BCUT2D eigenvalue weighted by atomic mass is 9.87. The number of oxime groups is 1. The molecule has 1 N–H and O–H groups in total. The predicted molar refractivity (Wildman–Crippen MR) is 123 cm³/mol. The minimum Gasteiger partial charge on any atom is -0.511 e. The van der Waals surface area contributed by atoms with Crippen LogP contribution in [0.25, 0.3) is 0 Å². The number of carbonyl (C=O) groups excluding carboxylic acids is 2. The van der Waals surface area contributed by atoms with Crippen LogP contribution in [-0.4, -0.2) is 29.2 Å². The van der Waals surface area contributed by atoms with Crippen molar-refractivity contribution in [3.05, 3.63) is 47.2 Å². The van der Waals surface area contributed by atoms with E-state index in [4.69, 9.17) is 9.57 Å². The molecule has 1 atom stereocenters. The zero-order chi connectivity index (χ0) is 22.6. The Morgan fingerprint density at radius 1 is 1.00 bits per heavy atom. The fourth-order valence-corrected chi connectivity index (χ4v) is 4.43. The number of hydrogen-bond acceptors (Lipinski definition) is 6. The third-order valence-electron chi connectivity index (χ3n) is 6.30. The van der Waals surface area contributed by atoms with Gasteiger partial charge in [-0.1, -0.05) is 80.4 Å². The van der Waals surface area contributed by atoms with E-state index in [0.29, 0.717) is 13.0 Å². The SMILES string of the molecule is O=C1COC(=O)/C1=C(\O)CCC1CCCCCCCCCC/C1=N/OCc1ccccc1. The minimum absolute atomic E-state index is 0.153. The molecule has 3 rings (SSSR count). The highest BCUT2D eigenvalue weighted by Crippen LogP contribution is 2.26. The highest BCUT2D eigenvalue weighted by Gasteiger charge is 2.32. The van der Waals surface area contributed by atoms with Gasteiger partial charge in [0.15, 0.2) is 6.61 Å². The molecule has 1 heterocycles. The molecule has 1 saturated carbocycles. The van der Waals surface area contributed by atoms with Crippen molar-refractivity contribution in [2.24, 2.45) is 11.1 Å². The van der Waals surface area contributed by atoms with Crippen molar-refractivity contribution < 1.29 is 24.3 Å². The summed E-state index contributed by atoms with van der Waals surface area (Å²) < 4.78 is 4.75. The summed E-state index contributed by atoms with van der Waals surface area (Å²) in [5.41, 5.74) is 1.92. The Balaban J connectivity index is 1.70. The molecule has 0 aromatic heterocycles. The highest BCUT2D eigenvalue weighted by molar-refractivity contribution is 6.22. The summed E-state index contributed by atoms with van der Waals surface area (Å²) in [6.45, 7) is 0.147. The predicted octanol–water partition coefficient (Wildman–Crippen LogP) is 5.81. The van der Waals surface area contributed by atoms with Gasteiger partial charge in [-0.15, -0.1) is 0 Å². The first-order chi connectivity index (χ1) is 15.6. The maximum Gasteiger partial charge on any atom is 0.345 e. The van der Waals surface area contributed by atoms with Crippen LogP contribution in [0.3, 0.4) is 0 Å². The molecule has 0 radical (unpaired) electrons. The first-order valence-corrected chi connectivity index (χ1v) is 12.0. The lowest BCUT2D eigenvalue weighted by Gasteiger charge is -2.20. The van der Waals surface area contributed by atoms with E-state index in [9.17, 15) is 14.7 Å². The van der Waals surface area contributed by atoms with Crippen molar-refractivity contribution in [1.82, 2.24) is 0 Å². The number of aliphatic hydroxyl groups excluding tert-OH is 1. The van der Waals surface area contributed by atoms with E-state index in [1.54, 1.807) is 0 Å². The van der Waals surface area contributed by atoms with E-state index in [0.717, 1.165) is 37.0 Å². The van der Waals surface area contributed by atoms with Crippen LogP contribution in [0.1, 0.15) is 82.6 Å². The van der Waals surface area contributed by atoms with Crippen molar-refractivity contribution >= 4 is 17.5 Å². The van der Waals surface area contributed by atoms with Crippen LogP contribution in [0.2, 0.25) is 0 Å². The summed E-state index contributed by atoms with van der Waals surface area (Å²) in [5, 5.41) is 15.0. The number of cyclic esters (lactones) is 1. The molecule has 32 heavy (non-hydrogen) atoms. The van der Waals surface area contributed by atoms with Crippen LogP contribution < -0.4 is 0 Å². The van der Waals surface area contributed by atoms with Crippen LogP contribution in [0, 0.1) is 5.92 Å². The van der Waals surface area contributed by atoms with Gasteiger partial charge in [0, 0.05) is 12.3 Å². The second-order valence-electron chi connectivity index (χ2n) is 8.77. The normalized spacial score (nSPS) is 23.9. The van der Waals surface area contributed by atoms with E-state index in [2.05, 4.69) is 5.16 Å². The van der Waals surface area contributed by atoms with E-state index in [-0.39, 0.29) is 30.3 Å². The summed E-state index contributed by atoms with van der Waals surface area (Å²) in [6.07, 6.45) is 12.4. The number of rotatable bonds is 6. The molecular formula is C26H35NO5. The van der Waals surface area contributed by atoms with Gasteiger partial charge in [-0.3, -0.25) is 4.79 Å². The number of esters is 1. The zero-order valence-electron chi connectivity index (χ0n) is 18.9. The van der Waals surface area contributed by atoms with Gasteiger partial charge in [0.05, 0.1) is 5.71 Å². The maximum absolute atomic E-state index is 11.9. The fourth-order valence-electron chi connectivity index (χ4n) is 4.43. The largest absolute Gasteiger partial charge is 0.511 e. The topological polar surface area (TPSA) is 85.2 Å². The van der Waals surface area contributed by atoms with Gasteiger partial charge in [0.1, 0.15) is 17.9 Å². The number of allylic oxidation sites excluding steroid dienone is 1. The standard InChI is InChI=1S/C26H35NO5/c28-23(25-24(29)19-31-26(25)30)17-16-21-14-10-5-3-1-2-4-6-11-15-22(21)27-32-18-20-12-8-7-9-13-20/h7-9,12-13,21,28H,1-6,10-11,14-19H2/b25-23-,27-22-. The van der Waals surface area contributed by atoms with Crippen LogP contribution >= 0.6 is 0 Å². The summed E-state index contributed by atoms with van der Waals surface area (Å²) in [5.74, 6) is -1.16. The van der Waals surface area contributed by atoms with E-state index >= 15 is 0 Å². The molecule has 174 valence electrons. The van der Waals surface area contributed by atoms with Crippen molar-refractivity contribution in [3.8, 4) is 0 Å². The number of Topliss-reactive ketones (excluding diaryl/α,β-unsaturated/α-hetero) is 1. The van der Waals surface area contributed by atoms with Crippen molar-refractivity contribution in [2.75, 3.05) is 6.61 Å². The number of aliphatic hydroxyl groups is 1. The van der Waals surface area contributed by atoms with Gasteiger partial charge in [-0.2, -0.15) is 0 Å². The molecule has 1 saturated heterocycles. The fraction of sp³-hybridized carbons (Fsp3) is 0.577. The number of ketones is 1. The van der Waals surface area contributed by atoms with Crippen LogP contribution in [0.4, 0.5) is 0 Å². The average Bonchev–Trinajstić information content (AvgIpc) is 3.13. The Kier molecular flexibility index (Phi) is 9.79. The molecule has 1 unspecified atom stereocenters. The summed E-state index contributed by atoms with van der Waals surface area (Å²) in [4.78, 5) is 29.4. The molecule has 1 aromatic rings. The second kappa shape index (κ2) is 13.0. The van der Waals surface area contributed by atoms with Gasteiger partial charge < -0.3 is 14.7 Å². The Morgan fingerprint density at radius 2 is 1.69 bits per heavy atom. The van der Waals surface area contributed by atoms with Gasteiger partial charge in [-0.25, -0.2) is 4.79 Å². The Morgan fingerprint density at radius 3 is 2.38 bits per heavy atom. The van der Waals surface area contributed by atoms with Gasteiger partial charge >= 0.3 is 5.97 Å². The van der Waals surface area contributed by atoms with Crippen molar-refractivity contribution in [2.45, 2.75) is 83.7 Å². The lowest BCUT2D eigenvalue weighted by Crippen LogP contribution is -2.17. The van der Waals surface area contributed by atoms with Crippen LogP contribution in [0.5, 0.6) is 0 Å². The maximum atomic E-state index is 11.9. The number of benzene rings is 1. The number of ether oxygens (including phenoxy) is 1. The van der Waals surface area contributed by atoms with Crippen LogP contribution in [-0.2, 0) is 25.8 Å².